The molecule has 0 bridgehead atoms. The smallest absolute Gasteiger partial charge is 0.186 e. The van der Waals surface area contributed by atoms with E-state index in [2.05, 4.69) is 31.1 Å². The van der Waals surface area contributed by atoms with Crippen LogP contribution in [0, 0.1) is 0 Å². The lowest BCUT2D eigenvalue weighted by Crippen LogP contribution is -2.27. The van der Waals surface area contributed by atoms with Crippen LogP contribution in [-0.2, 0) is 0 Å². The van der Waals surface area contributed by atoms with Gasteiger partial charge < -0.3 is 10.2 Å². The highest BCUT2D eigenvalue weighted by Crippen LogP contribution is 2.26. The van der Waals surface area contributed by atoms with Crippen molar-refractivity contribution in [2.75, 3.05) is 31.1 Å². The van der Waals surface area contributed by atoms with E-state index in [4.69, 9.17) is 0 Å². The lowest BCUT2D eigenvalue weighted by molar-refractivity contribution is 0.724. The third kappa shape index (κ3) is 2.42. The topological polar surface area (TPSA) is 28.2 Å². The van der Waals surface area contributed by atoms with Crippen LogP contribution in [0.5, 0.6) is 0 Å². The predicted molar refractivity (Wildman–Crippen MR) is 59.5 cm³/mol. The molecule has 1 N–H and O–H groups in total. The second-order valence-electron chi connectivity index (χ2n) is 3.04. The minimum Gasteiger partial charge on any atom is -0.347 e. The molecule has 2 rings (SSSR count). The fourth-order valence-corrected chi connectivity index (χ4v) is 2.66. The average molecular weight is 262 g/mol. The van der Waals surface area contributed by atoms with Gasteiger partial charge in [-0.1, -0.05) is 11.3 Å². The Hall–Kier alpha value is -0.130. The van der Waals surface area contributed by atoms with Crippen LogP contribution in [0.15, 0.2) is 9.98 Å². The second kappa shape index (κ2) is 4.39. The Balaban J connectivity index is 2.06. The Labute approximate surface area is 90.3 Å². The first kappa shape index (κ1) is 9.43. The van der Waals surface area contributed by atoms with Gasteiger partial charge in [0, 0.05) is 19.6 Å². The quantitative estimate of drug-likeness (QED) is 0.835. The molecule has 5 heteroatoms. The molecule has 1 aromatic rings. The highest BCUT2D eigenvalue weighted by molar-refractivity contribution is 9.11. The zero-order valence-electron chi connectivity index (χ0n) is 7.29. The Morgan fingerprint density at radius 1 is 1.46 bits per heavy atom. The summed E-state index contributed by atoms with van der Waals surface area (Å²) in [4.78, 5) is 6.69. The van der Waals surface area contributed by atoms with Crippen molar-refractivity contribution in [1.29, 1.82) is 0 Å². The first-order valence-corrected chi connectivity index (χ1v) is 6.04. The number of nitrogens with zero attached hydrogens (tertiary/aromatic N) is 2. The maximum Gasteiger partial charge on any atom is 0.186 e. The predicted octanol–water partition coefficient (Wildman–Crippen LogP) is 1.71. The van der Waals surface area contributed by atoms with Crippen LogP contribution in [0.25, 0.3) is 0 Å². The van der Waals surface area contributed by atoms with Crippen molar-refractivity contribution in [3.63, 3.8) is 0 Å². The van der Waals surface area contributed by atoms with E-state index in [0.717, 1.165) is 35.1 Å². The minimum atomic E-state index is 1.07. The first-order chi connectivity index (χ1) is 6.36. The van der Waals surface area contributed by atoms with Crippen LogP contribution < -0.4 is 10.2 Å². The van der Waals surface area contributed by atoms with E-state index in [0.29, 0.717) is 0 Å². The highest BCUT2D eigenvalue weighted by Gasteiger charge is 2.11. The zero-order valence-corrected chi connectivity index (χ0v) is 9.70. The van der Waals surface area contributed by atoms with Gasteiger partial charge in [-0.25, -0.2) is 4.98 Å². The summed E-state index contributed by atoms with van der Waals surface area (Å²) in [6, 6.07) is 0. The van der Waals surface area contributed by atoms with Crippen LogP contribution in [-0.4, -0.2) is 31.2 Å². The van der Waals surface area contributed by atoms with E-state index in [9.17, 15) is 0 Å². The molecular formula is C8H12BrN3S. The monoisotopic (exact) mass is 261 g/mol. The summed E-state index contributed by atoms with van der Waals surface area (Å²) in [6.45, 7) is 4.38. The number of anilines is 1. The summed E-state index contributed by atoms with van der Waals surface area (Å²) in [6.07, 6.45) is 3.08. The fraction of sp³-hybridized carbons (Fsp3) is 0.625. The summed E-state index contributed by atoms with van der Waals surface area (Å²) >= 11 is 5.14. The van der Waals surface area contributed by atoms with Crippen LogP contribution in [0.2, 0.25) is 0 Å². The van der Waals surface area contributed by atoms with E-state index in [1.807, 2.05) is 6.20 Å². The molecule has 0 unspecified atom stereocenters. The van der Waals surface area contributed by atoms with Gasteiger partial charge in [-0.05, 0) is 28.9 Å². The summed E-state index contributed by atoms with van der Waals surface area (Å²) in [5, 5.41) is 4.51. The molecule has 0 saturated carbocycles. The Morgan fingerprint density at radius 3 is 3.15 bits per heavy atom. The fourth-order valence-electron chi connectivity index (χ4n) is 1.43. The third-order valence-electron chi connectivity index (χ3n) is 2.08. The van der Waals surface area contributed by atoms with Gasteiger partial charge in [-0.3, -0.25) is 0 Å². The number of aromatic nitrogens is 1. The van der Waals surface area contributed by atoms with Gasteiger partial charge in [0.2, 0.25) is 0 Å². The Bertz CT molecular complexity index is 268. The van der Waals surface area contributed by atoms with Gasteiger partial charge in [-0.2, -0.15) is 0 Å². The van der Waals surface area contributed by atoms with E-state index < -0.39 is 0 Å². The number of halogens is 1. The van der Waals surface area contributed by atoms with Crippen molar-refractivity contribution in [2.24, 2.45) is 0 Å². The van der Waals surface area contributed by atoms with Gasteiger partial charge in [0.1, 0.15) is 0 Å². The van der Waals surface area contributed by atoms with Crippen LogP contribution in [0.4, 0.5) is 5.13 Å². The molecule has 0 amide bonds. The van der Waals surface area contributed by atoms with Gasteiger partial charge in [0.25, 0.3) is 0 Å². The molecule has 1 aromatic heterocycles. The van der Waals surface area contributed by atoms with E-state index in [-0.39, 0.29) is 0 Å². The molecular weight excluding hydrogens is 250 g/mol. The normalized spacial score (nSPS) is 18.7. The van der Waals surface area contributed by atoms with Crippen LogP contribution in [0.1, 0.15) is 6.42 Å². The average Bonchev–Trinajstić information content (AvgIpc) is 2.43. The van der Waals surface area contributed by atoms with Crippen molar-refractivity contribution in [3.05, 3.63) is 9.98 Å². The van der Waals surface area contributed by atoms with E-state index in [1.165, 1.54) is 6.42 Å². The maximum absolute atomic E-state index is 4.35. The Morgan fingerprint density at radius 2 is 2.38 bits per heavy atom. The summed E-state index contributed by atoms with van der Waals surface area (Å²) < 4.78 is 1.11. The molecule has 2 heterocycles. The molecule has 0 radical (unpaired) electrons. The zero-order chi connectivity index (χ0) is 9.10. The maximum atomic E-state index is 4.35. The van der Waals surface area contributed by atoms with Gasteiger partial charge >= 0.3 is 0 Å². The number of rotatable bonds is 1. The molecule has 0 spiro atoms. The minimum absolute atomic E-state index is 1.07. The lowest BCUT2D eigenvalue weighted by atomic mass is 10.4. The molecule has 0 aromatic carbocycles. The summed E-state index contributed by atoms with van der Waals surface area (Å²) in [7, 11) is 0. The Kier molecular flexibility index (Phi) is 3.18. The molecule has 72 valence electrons. The molecule has 0 aliphatic carbocycles. The van der Waals surface area contributed by atoms with Crippen molar-refractivity contribution in [1.82, 2.24) is 10.3 Å². The van der Waals surface area contributed by atoms with Gasteiger partial charge in [0.05, 0.1) is 9.98 Å². The van der Waals surface area contributed by atoms with E-state index >= 15 is 0 Å². The second-order valence-corrected chi connectivity index (χ2v) is 5.43. The third-order valence-corrected chi connectivity index (χ3v) is 3.61. The van der Waals surface area contributed by atoms with Crippen molar-refractivity contribution < 1.29 is 0 Å². The first-order valence-electron chi connectivity index (χ1n) is 4.43. The molecule has 3 nitrogen and oxygen atoms in total. The molecule has 1 saturated heterocycles. The molecule has 1 aliphatic rings. The van der Waals surface area contributed by atoms with Crippen LogP contribution in [0.3, 0.4) is 0 Å². The summed E-state index contributed by atoms with van der Waals surface area (Å²) in [5.41, 5.74) is 0. The van der Waals surface area contributed by atoms with E-state index in [1.54, 1.807) is 11.3 Å². The van der Waals surface area contributed by atoms with Crippen molar-refractivity contribution in [2.45, 2.75) is 6.42 Å². The van der Waals surface area contributed by atoms with Crippen molar-refractivity contribution >= 4 is 32.4 Å². The molecule has 1 fully saturated rings. The highest BCUT2D eigenvalue weighted by atomic mass is 79.9. The molecule has 1 aliphatic heterocycles. The van der Waals surface area contributed by atoms with Crippen LogP contribution >= 0.6 is 27.3 Å². The SMILES string of the molecule is Brc1cnc(N2CCCNCC2)s1. The molecule has 13 heavy (non-hydrogen) atoms. The number of thiazole rings is 1. The van der Waals surface area contributed by atoms with Crippen molar-refractivity contribution in [3.8, 4) is 0 Å². The van der Waals surface area contributed by atoms with Gasteiger partial charge in [0.15, 0.2) is 5.13 Å². The largest absolute Gasteiger partial charge is 0.347 e. The number of hydrogen-bond donors (Lipinski definition) is 1. The number of nitrogens with one attached hydrogen (secondary N) is 1. The summed E-state index contributed by atoms with van der Waals surface area (Å²) in [5.74, 6) is 0. The van der Waals surface area contributed by atoms with Gasteiger partial charge in [-0.15, -0.1) is 0 Å². The lowest BCUT2D eigenvalue weighted by Gasteiger charge is -2.17. The standard InChI is InChI=1S/C8H12BrN3S/c9-7-6-11-8(13-7)12-4-1-2-10-3-5-12/h6,10H,1-5H2. The number of hydrogen-bond acceptors (Lipinski definition) is 4. The molecule has 0 atom stereocenters.